The third kappa shape index (κ3) is 3.37. The highest BCUT2D eigenvalue weighted by atomic mass is 32.2. The molecule has 2 heterocycles. The lowest BCUT2D eigenvalue weighted by Gasteiger charge is -2.23. The molecule has 1 aliphatic rings. The van der Waals surface area contributed by atoms with Gasteiger partial charge in [0.1, 0.15) is 9.90 Å². The molecule has 0 amide bonds. The van der Waals surface area contributed by atoms with Gasteiger partial charge < -0.3 is 15.8 Å². The van der Waals surface area contributed by atoms with Crippen molar-refractivity contribution in [3.05, 3.63) is 0 Å². The van der Waals surface area contributed by atoms with Gasteiger partial charge in [0.15, 0.2) is 15.7 Å². The van der Waals surface area contributed by atoms with Gasteiger partial charge in [-0.15, -0.1) is 0 Å². The first-order valence-corrected chi connectivity index (χ1v) is 8.79. The van der Waals surface area contributed by atoms with Crippen LogP contribution in [0.3, 0.4) is 0 Å². The number of rotatable bonds is 5. The zero-order valence-electron chi connectivity index (χ0n) is 10.9. The molecule has 0 saturated carbocycles. The first-order valence-electron chi connectivity index (χ1n) is 6.36. The molecule has 0 radical (unpaired) electrons. The summed E-state index contributed by atoms with van der Waals surface area (Å²) in [6.07, 6.45) is 2.50. The number of anilines is 2. The summed E-state index contributed by atoms with van der Waals surface area (Å²) in [5.74, 6) is 0.184. The lowest BCUT2D eigenvalue weighted by Crippen LogP contribution is -2.30. The van der Waals surface area contributed by atoms with Crippen molar-refractivity contribution < 1.29 is 13.2 Å². The predicted octanol–water partition coefficient (Wildman–Crippen LogP) is 1.50. The summed E-state index contributed by atoms with van der Waals surface area (Å²) in [6.45, 7) is 3.19. The minimum Gasteiger partial charge on any atom is -0.382 e. The van der Waals surface area contributed by atoms with Crippen LogP contribution >= 0.6 is 11.5 Å². The maximum absolute atomic E-state index is 12.2. The van der Waals surface area contributed by atoms with Crippen LogP contribution < -0.4 is 11.1 Å². The van der Waals surface area contributed by atoms with Crippen LogP contribution in [-0.2, 0) is 14.6 Å². The first-order chi connectivity index (χ1) is 9.04. The Balaban J connectivity index is 2.22. The Bertz CT molecular complexity index is 521. The maximum atomic E-state index is 12.2. The number of sulfone groups is 1. The summed E-state index contributed by atoms with van der Waals surface area (Å²) >= 11 is 1.10. The summed E-state index contributed by atoms with van der Waals surface area (Å²) in [7, 11) is -3.36. The van der Waals surface area contributed by atoms with Gasteiger partial charge in [-0.3, -0.25) is 0 Å². The molecule has 0 bridgehead atoms. The topological polar surface area (TPSA) is 94.3 Å². The van der Waals surface area contributed by atoms with E-state index in [1.54, 1.807) is 0 Å². The van der Waals surface area contributed by atoms with Crippen LogP contribution in [0.5, 0.6) is 0 Å². The van der Waals surface area contributed by atoms with E-state index < -0.39 is 9.84 Å². The maximum Gasteiger partial charge on any atom is 0.185 e. The summed E-state index contributed by atoms with van der Waals surface area (Å²) in [5.41, 5.74) is 5.71. The van der Waals surface area contributed by atoms with Gasteiger partial charge in [-0.2, -0.15) is 4.37 Å². The number of hydrogen-bond donors (Lipinski definition) is 2. The number of hydrogen-bond acceptors (Lipinski definition) is 7. The number of nitrogens with one attached hydrogen (secondary N) is 1. The fraction of sp³-hybridized carbons (Fsp3) is 0.727. The molecule has 2 rings (SSSR count). The largest absolute Gasteiger partial charge is 0.382 e. The average Bonchev–Trinajstić information content (AvgIpc) is 2.72. The number of aromatic nitrogens is 1. The van der Waals surface area contributed by atoms with E-state index >= 15 is 0 Å². The Morgan fingerprint density at radius 3 is 3.00 bits per heavy atom. The van der Waals surface area contributed by atoms with Crippen molar-refractivity contribution in [2.75, 3.05) is 30.0 Å². The van der Waals surface area contributed by atoms with Crippen LogP contribution in [0.4, 0.5) is 10.8 Å². The molecule has 3 N–H and O–H groups in total. The fourth-order valence-corrected chi connectivity index (χ4v) is 4.78. The SMILES string of the molecule is CCCS(=O)(=O)c1c(N)nsc1NC1CCCOC1. The van der Waals surface area contributed by atoms with Crippen LogP contribution in [0.15, 0.2) is 4.90 Å². The first kappa shape index (κ1) is 14.5. The van der Waals surface area contributed by atoms with Crippen molar-refractivity contribution in [1.82, 2.24) is 4.37 Å². The average molecular weight is 305 g/mol. The van der Waals surface area contributed by atoms with Crippen molar-refractivity contribution in [2.45, 2.75) is 37.1 Å². The van der Waals surface area contributed by atoms with E-state index in [4.69, 9.17) is 10.5 Å². The van der Waals surface area contributed by atoms with Crippen LogP contribution in [-0.4, -0.2) is 37.8 Å². The van der Waals surface area contributed by atoms with Gasteiger partial charge in [-0.1, -0.05) is 6.92 Å². The molecule has 1 unspecified atom stereocenters. The van der Waals surface area contributed by atoms with Crippen molar-refractivity contribution in [3.8, 4) is 0 Å². The van der Waals surface area contributed by atoms with E-state index in [0.29, 0.717) is 18.0 Å². The highest BCUT2D eigenvalue weighted by molar-refractivity contribution is 7.91. The Hall–Kier alpha value is -0.860. The highest BCUT2D eigenvalue weighted by Gasteiger charge is 2.26. The lowest BCUT2D eigenvalue weighted by molar-refractivity contribution is 0.0876. The van der Waals surface area contributed by atoms with Gasteiger partial charge in [0.25, 0.3) is 0 Å². The van der Waals surface area contributed by atoms with E-state index in [-0.39, 0.29) is 22.5 Å². The zero-order valence-corrected chi connectivity index (χ0v) is 12.5. The number of nitrogens with two attached hydrogens (primary N) is 1. The Morgan fingerprint density at radius 1 is 1.58 bits per heavy atom. The second-order valence-corrected chi connectivity index (χ2v) is 7.42. The van der Waals surface area contributed by atoms with Gasteiger partial charge in [0.05, 0.1) is 18.4 Å². The van der Waals surface area contributed by atoms with Crippen molar-refractivity contribution in [2.24, 2.45) is 0 Å². The molecular weight excluding hydrogens is 286 g/mol. The van der Waals surface area contributed by atoms with Gasteiger partial charge in [-0.05, 0) is 30.8 Å². The van der Waals surface area contributed by atoms with E-state index in [0.717, 1.165) is 31.0 Å². The van der Waals surface area contributed by atoms with Gasteiger partial charge in [-0.25, -0.2) is 8.42 Å². The third-order valence-electron chi connectivity index (χ3n) is 2.95. The Morgan fingerprint density at radius 2 is 2.37 bits per heavy atom. The van der Waals surface area contributed by atoms with Gasteiger partial charge in [0, 0.05) is 6.61 Å². The molecule has 19 heavy (non-hydrogen) atoms. The molecule has 1 saturated heterocycles. The minimum atomic E-state index is -3.36. The lowest BCUT2D eigenvalue weighted by atomic mass is 10.1. The number of ether oxygens (including phenoxy) is 1. The third-order valence-corrected chi connectivity index (χ3v) is 5.86. The highest BCUT2D eigenvalue weighted by Crippen LogP contribution is 2.33. The zero-order chi connectivity index (χ0) is 13.9. The predicted molar refractivity (Wildman–Crippen MR) is 76.3 cm³/mol. The number of nitrogen functional groups attached to an aromatic ring is 1. The quantitative estimate of drug-likeness (QED) is 0.856. The molecule has 8 heteroatoms. The summed E-state index contributed by atoms with van der Waals surface area (Å²) in [4.78, 5) is 0.157. The minimum absolute atomic E-state index is 0.0887. The molecule has 0 aliphatic carbocycles. The van der Waals surface area contributed by atoms with E-state index in [2.05, 4.69) is 9.69 Å². The molecular formula is C11H19N3O3S2. The van der Waals surface area contributed by atoms with Crippen molar-refractivity contribution in [1.29, 1.82) is 0 Å². The molecule has 0 spiro atoms. The smallest absolute Gasteiger partial charge is 0.185 e. The molecule has 1 aromatic heterocycles. The van der Waals surface area contributed by atoms with E-state index in [1.807, 2.05) is 6.92 Å². The second-order valence-electron chi connectivity index (χ2n) is 4.60. The monoisotopic (exact) mass is 305 g/mol. The molecule has 1 fully saturated rings. The van der Waals surface area contributed by atoms with Crippen molar-refractivity contribution in [3.63, 3.8) is 0 Å². The van der Waals surface area contributed by atoms with Crippen LogP contribution in [0.25, 0.3) is 0 Å². The van der Waals surface area contributed by atoms with E-state index in [9.17, 15) is 8.42 Å². The molecule has 108 valence electrons. The number of nitrogens with zero attached hydrogens (tertiary/aromatic N) is 1. The van der Waals surface area contributed by atoms with Crippen LogP contribution in [0.2, 0.25) is 0 Å². The Labute approximate surface area is 117 Å². The molecule has 0 aromatic carbocycles. The molecule has 1 aliphatic heterocycles. The van der Waals surface area contributed by atoms with Gasteiger partial charge >= 0.3 is 0 Å². The Kier molecular flexibility index (Phi) is 4.64. The normalized spacial score (nSPS) is 20.4. The second kappa shape index (κ2) is 6.06. The molecule has 6 nitrogen and oxygen atoms in total. The fourth-order valence-electron chi connectivity index (χ4n) is 2.10. The van der Waals surface area contributed by atoms with Crippen LogP contribution in [0, 0.1) is 0 Å². The molecule has 1 aromatic rings. The summed E-state index contributed by atoms with van der Waals surface area (Å²) < 4.78 is 33.7. The standard InChI is InChI=1S/C11H19N3O3S2/c1-2-6-19(15,16)9-10(12)14-18-11(9)13-8-4-3-5-17-7-8/h8,13H,2-7H2,1H3,(H2,12,14). The van der Waals surface area contributed by atoms with Gasteiger partial charge in [0.2, 0.25) is 0 Å². The van der Waals surface area contributed by atoms with E-state index in [1.165, 1.54) is 0 Å². The summed E-state index contributed by atoms with van der Waals surface area (Å²) in [5, 5.41) is 3.75. The summed E-state index contributed by atoms with van der Waals surface area (Å²) in [6, 6.07) is 0.129. The van der Waals surface area contributed by atoms with Crippen LogP contribution in [0.1, 0.15) is 26.2 Å². The van der Waals surface area contributed by atoms with Crippen molar-refractivity contribution >= 4 is 32.2 Å². The molecule has 1 atom stereocenters.